The molecule has 4 rings (SSSR count). The summed E-state index contributed by atoms with van der Waals surface area (Å²) in [5, 5.41) is 20.6. The van der Waals surface area contributed by atoms with Crippen molar-refractivity contribution in [2.24, 2.45) is 0 Å². The normalized spacial score (nSPS) is 22.4. The molecule has 1 aliphatic heterocycles. The van der Waals surface area contributed by atoms with E-state index >= 15 is 0 Å². The highest BCUT2D eigenvalue weighted by molar-refractivity contribution is 6.34. The lowest BCUT2D eigenvalue weighted by Crippen LogP contribution is -2.42. The largest absolute Gasteiger partial charge is 0.393 e. The molecule has 1 aromatic carbocycles. The van der Waals surface area contributed by atoms with Crippen molar-refractivity contribution in [2.45, 2.75) is 43.9 Å². The van der Waals surface area contributed by atoms with Crippen LogP contribution in [0.4, 0.5) is 19.4 Å². The number of rotatable bonds is 9. The molecule has 2 heterocycles. The number of nitrogens with one attached hydrogen (secondary N) is 2. The van der Waals surface area contributed by atoms with Crippen molar-refractivity contribution < 1.29 is 23.4 Å². The molecule has 1 aromatic heterocycles. The Kier molecular flexibility index (Phi) is 8.96. The molecule has 4 atom stereocenters. The Hall–Kier alpha value is -2.79. The molecule has 8 nitrogen and oxygen atoms in total. The van der Waals surface area contributed by atoms with Gasteiger partial charge in [0.05, 0.1) is 30.5 Å². The molecule has 0 bridgehead atoms. The van der Waals surface area contributed by atoms with Gasteiger partial charge in [-0.3, -0.25) is 10.2 Å². The van der Waals surface area contributed by atoms with Gasteiger partial charge < -0.3 is 15.2 Å². The number of anilines is 1. The number of aliphatic hydroxyl groups excluding tert-OH is 1. The van der Waals surface area contributed by atoms with Crippen LogP contribution < -0.4 is 10.6 Å². The lowest BCUT2D eigenvalue weighted by molar-refractivity contribution is 0.159. The third kappa shape index (κ3) is 6.56. The zero-order chi connectivity index (χ0) is 26.5. The molecular formula is C26H32ClF2N5O3. The molecule has 37 heavy (non-hydrogen) atoms. The number of methoxy groups -OCH3 is 1. The maximum absolute atomic E-state index is 14.0. The van der Waals surface area contributed by atoms with Crippen molar-refractivity contribution in [3.05, 3.63) is 70.4 Å². The van der Waals surface area contributed by atoms with Gasteiger partial charge in [0.2, 0.25) is 0 Å². The first-order valence-corrected chi connectivity index (χ1v) is 12.7. The fourth-order valence-corrected chi connectivity index (χ4v) is 5.05. The summed E-state index contributed by atoms with van der Waals surface area (Å²) in [6, 6.07) is 2.83. The molecule has 0 radical (unpaired) electrons. The van der Waals surface area contributed by atoms with Crippen LogP contribution in [0.3, 0.4) is 0 Å². The summed E-state index contributed by atoms with van der Waals surface area (Å²) < 4.78 is 34.4. The fraction of sp³-hybridized carbons (Fsp3) is 0.462. The van der Waals surface area contributed by atoms with Crippen molar-refractivity contribution in [1.29, 1.82) is 0 Å². The second kappa shape index (κ2) is 12.2. The van der Waals surface area contributed by atoms with E-state index in [1.165, 1.54) is 6.07 Å². The zero-order valence-electron chi connectivity index (χ0n) is 20.8. The van der Waals surface area contributed by atoms with Crippen LogP contribution in [0.5, 0.6) is 0 Å². The number of hydrogen-bond donors (Lipinski definition) is 3. The second-order valence-corrected chi connectivity index (χ2v) is 9.84. The number of ether oxygens (including phenoxy) is 1. The monoisotopic (exact) mass is 535 g/mol. The summed E-state index contributed by atoms with van der Waals surface area (Å²) in [6.45, 7) is 3.85. The highest BCUT2D eigenvalue weighted by atomic mass is 35.5. The van der Waals surface area contributed by atoms with Gasteiger partial charge in [-0.05, 0) is 31.0 Å². The van der Waals surface area contributed by atoms with Crippen LogP contribution in [0.25, 0.3) is 0 Å². The average Bonchev–Trinajstić information content (AvgIpc) is 3.40. The SMILES string of the molecule is COCCN1C[C@@H](NC(=O)Nc2c(Cl)c(C[C@H](C)O)nn2C2C=CC=CC2)[C@H](c2ccc(F)c(F)c2)C1. The molecule has 1 saturated heterocycles. The molecule has 11 heteroatoms. The van der Waals surface area contributed by atoms with Crippen LogP contribution in [0.1, 0.15) is 36.6 Å². The van der Waals surface area contributed by atoms with Gasteiger partial charge in [-0.15, -0.1) is 0 Å². The molecule has 0 spiro atoms. The number of urea groups is 1. The van der Waals surface area contributed by atoms with Crippen molar-refractivity contribution in [3.8, 4) is 0 Å². The number of likely N-dealkylation sites (tertiary alicyclic amines) is 1. The number of aromatic nitrogens is 2. The third-order valence-corrected chi connectivity index (χ3v) is 7.00. The number of aliphatic hydroxyl groups is 1. The lowest BCUT2D eigenvalue weighted by Gasteiger charge is -2.22. The fourth-order valence-electron chi connectivity index (χ4n) is 4.80. The summed E-state index contributed by atoms with van der Waals surface area (Å²) in [5.41, 5.74) is 1.09. The highest BCUT2D eigenvalue weighted by Crippen LogP contribution is 2.33. The summed E-state index contributed by atoms with van der Waals surface area (Å²) in [7, 11) is 1.61. The number of amides is 2. The van der Waals surface area contributed by atoms with E-state index in [1.807, 2.05) is 24.3 Å². The zero-order valence-corrected chi connectivity index (χ0v) is 21.6. The molecule has 200 valence electrons. The van der Waals surface area contributed by atoms with Crippen LogP contribution in [0.15, 0.2) is 42.5 Å². The first-order chi connectivity index (χ1) is 17.8. The van der Waals surface area contributed by atoms with Gasteiger partial charge in [0.25, 0.3) is 0 Å². The Balaban J connectivity index is 1.55. The van der Waals surface area contributed by atoms with Crippen molar-refractivity contribution in [3.63, 3.8) is 0 Å². The number of benzene rings is 1. The van der Waals surface area contributed by atoms with E-state index in [2.05, 4.69) is 20.6 Å². The van der Waals surface area contributed by atoms with E-state index in [-0.39, 0.29) is 29.4 Å². The summed E-state index contributed by atoms with van der Waals surface area (Å²) in [6.07, 6.45) is 8.06. The number of halogens is 3. The van der Waals surface area contributed by atoms with Gasteiger partial charge >= 0.3 is 6.03 Å². The van der Waals surface area contributed by atoms with Crippen molar-refractivity contribution >= 4 is 23.4 Å². The Bertz CT molecular complexity index is 1170. The minimum atomic E-state index is -0.924. The van der Waals surface area contributed by atoms with Gasteiger partial charge in [-0.1, -0.05) is 42.0 Å². The van der Waals surface area contributed by atoms with Crippen LogP contribution in [-0.2, 0) is 11.2 Å². The topological polar surface area (TPSA) is 91.7 Å². The van der Waals surface area contributed by atoms with Crippen LogP contribution in [0.2, 0.25) is 5.02 Å². The molecule has 2 amide bonds. The molecule has 2 aliphatic rings. The van der Waals surface area contributed by atoms with E-state index in [1.54, 1.807) is 24.8 Å². The Labute approximate surface area is 219 Å². The van der Waals surface area contributed by atoms with Crippen LogP contribution in [0, 0.1) is 11.6 Å². The minimum Gasteiger partial charge on any atom is -0.393 e. The van der Waals surface area contributed by atoms with Gasteiger partial charge in [0, 0.05) is 39.1 Å². The van der Waals surface area contributed by atoms with Gasteiger partial charge in [0.15, 0.2) is 17.5 Å². The predicted molar refractivity (Wildman–Crippen MR) is 138 cm³/mol. The maximum atomic E-state index is 14.0. The quantitative estimate of drug-likeness (QED) is 0.451. The van der Waals surface area contributed by atoms with Crippen molar-refractivity contribution in [1.82, 2.24) is 20.0 Å². The number of carbonyl (C=O) groups excluding carboxylic acids is 1. The third-order valence-electron chi connectivity index (χ3n) is 6.61. The molecule has 3 N–H and O–H groups in total. The summed E-state index contributed by atoms with van der Waals surface area (Å²) in [4.78, 5) is 15.3. The number of hydrogen-bond acceptors (Lipinski definition) is 5. The lowest BCUT2D eigenvalue weighted by atomic mass is 9.94. The minimum absolute atomic E-state index is 0.147. The van der Waals surface area contributed by atoms with E-state index < -0.39 is 23.8 Å². The van der Waals surface area contributed by atoms with Crippen LogP contribution >= 0.6 is 11.6 Å². The average molecular weight is 536 g/mol. The van der Waals surface area contributed by atoms with Gasteiger partial charge in [0.1, 0.15) is 5.02 Å². The van der Waals surface area contributed by atoms with Crippen molar-refractivity contribution in [2.75, 3.05) is 38.7 Å². The van der Waals surface area contributed by atoms with E-state index in [4.69, 9.17) is 16.3 Å². The van der Waals surface area contributed by atoms with Crippen LogP contribution in [-0.4, -0.2) is 71.3 Å². The van der Waals surface area contributed by atoms with Gasteiger partial charge in [-0.2, -0.15) is 5.10 Å². The smallest absolute Gasteiger partial charge is 0.320 e. The number of allylic oxidation sites excluding steroid dienone is 4. The maximum Gasteiger partial charge on any atom is 0.320 e. The Morgan fingerprint density at radius 1 is 1.30 bits per heavy atom. The summed E-state index contributed by atoms with van der Waals surface area (Å²) in [5.74, 6) is -1.76. The first kappa shape index (κ1) is 27.3. The molecule has 0 saturated carbocycles. The first-order valence-electron chi connectivity index (χ1n) is 12.3. The van der Waals surface area contributed by atoms with Gasteiger partial charge in [-0.25, -0.2) is 18.3 Å². The summed E-state index contributed by atoms with van der Waals surface area (Å²) >= 11 is 6.61. The number of carbonyl (C=O) groups is 1. The van der Waals surface area contributed by atoms with E-state index in [9.17, 15) is 18.7 Å². The molecular weight excluding hydrogens is 504 g/mol. The standard InChI is InChI=1S/C26H32ClF2N5O3/c1-16(35)12-22-24(27)25(34(32-22)18-6-4-3-5-7-18)31-26(36)30-23-15-33(10-11-37-2)14-19(23)17-8-9-20(28)21(29)13-17/h3-6,8-9,13,16,18-19,23,35H,7,10-12,14-15H2,1-2H3,(H2,30,31,36)/t16-,18?,19-,23+/m0/s1. The number of nitrogens with zero attached hydrogens (tertiary/aromatic N) is 3. The Morgan fingerprint density at radius 3 is 2.78 bits per heavy atom. The molecule has 1 aliphatic carbocycles. The Morgan fingerprint density at radius 2 is 2.11 bits per heavy atom. The highest BCUT2D eigenvalue weighted by Gasteiger charge is 2.35. The van der Waals surface area contributed by atoms with E-state index in [0.29, 0.717) is 49.7 Å². The molecule has 2 aromatic rings. The van der Waals surface area contributed by atoms with E-state index in [0.717, 1.165) is 6.07 Å². The molecule has 1 unspecified atom stereocenters. The predicted octanol–water partition coefficient (Wildman–Crippen LogP) is 4.03. The molecule has 1 fully saturated rings. The second-order valence-electron chi connectivity index (χ2n) is 9.46.